The minimum atomic E-state index is -0.705. The van der Waals surface area contributed by atoms with Crippen molar-refractivity contribution in [3.8, 4) is 0 Å². The van der Waals surface area contributed by atoms with Crippen molar-refractivity contribution >= 4 is 17.3 Å². The molecular weight excluding hydrogens is 268 g/mol. The number of aromatic nitrogens is 3. The summed E-state index contributed by atoms with van der Waals surface area (Å²) in [6.07, 6.45) is 1.20. The van der Waals surface area contributed by atoms with Crippen molar-refractivity contribution in [2.75, 3.05) is 12.4 Å². The smallest absolute Gasteiger partial charge is 0.390 e. The van der Waals surface area contributed by atoms with Crippen LogP contribution in [0.2, 0.25) is 0 Å². The van der Waals surface area contributed by atoms with Crippen molar-refractivity contribution in [1.82, 2.24) is 14.8 Å². The highest BCUT2D eigenvalue weighted by Crippen LogP contribution is 2.28. The van der Waals surface area contributed by atoms with Crippen molar-refractivity contribution < 1.29 is 9.85 Å². The molecular formula is C10H10N6O4. The van der Waals surface area contributed by atoms with Crippen molar-refractivity contribution in [1.29, 1.82) is 0 Å². The fourth-order valence-corrected chi connectivity index (χ4v) is 1.78. The lowest BCUT2D eigenvalue weighted by Gasteiger charge is -2.07. The number of benzene rings is 1. The molecule has 104 valence electrons. The fourth-order valence-electron chi connectivity index (χ4n) is 1.78. The monoisotopic (exact) mass is 278 g/mol. The second-order valence-corrected chi connectivity index (χ2v) is 3.82. The van der Waals surface area contributed by atoms with E-state index in [4.69, 9.17) is 0 Å². The SMILES string of the molecule is CNc1c(Cn2cnc([N+](=O)[O-])n2)cccc1[N+](=O)[O-]. The lowest BCUT2D eigenvalue weighted by Crippen LogP contribution is -2.06. The molecule has 10 nitrogen and oxygen atoms in total. The molecule has 0 aliphatic carbocycles. The largest absolute Gasteiger partial charge is 0.490 e. The Morgan fingerprint density at radius 2 is 2.05 bits per heavy atom. The van der Waals surface area contributed by atoms with Crippen LogP contribution < -0.4 is 5.32 Å². The molecule has 2 rings (SSSR count). The first-order valence-electron chi connectivity index (χ1n) is 5.50. The van der Waals surface area contributed by atoms with Crippen LogP contribution in [0.15, 0.2) is 24.5 Å². The third kappa shape index (κ3) is 2.53. The van der Waals surface area contributed by atoms with Crippen molar-refractivity contribution in [2.24, 2.45) is 0 Å². The third-order valence-corrected chi connectivity index (χ3v) is 2.60. The number of nitro groups is 2. The minimum Gasteiger partial charge on any atom is -0.390 e. The molecule has 0 radical (unpaired) electrons. The number of hydrogen-bond donors (Lipinski definition) is 1. The van der Waals surface area contributed by atoms with E-state index in [0.29, 0.717) is 11.3 Å². The molecule has 0 saturated carbocycles. The highest BCUT2D eigenvalue weighted by atomic mass is 16.6. The van der Waals surface area contributed by atoms with Gasteiger partial charge in [0.25, 0.3) is 5.69 Å². The maximum atomic E-state index is 10.9. The van der Waals surface area contributed by atoms with Gasteiger partial charge in [0, 0.05) is 23.8 Å². The Morgan fingerprint density at radius 3 is 2.60 bits per heavy atom. The molecule has 0 amide bonds. The summed E-state index contributed by atoms with van der Waals surface area (Å²) in [5, 5.41) is 27.8. The summed E-state index contributed by atoms with van der Waals surface area (Å²) in [4.78, 5) is 23.7. The van der Waals surface area contributed by atoms with Gasteiger partial charge in [0.2, 0.25) is 6.33 Å². The number of para-hydroxylation sites is 1. The van der Waals surface area contributed by atoms with Crippen LogP contribution in [0.1, 0.15) is 5.56 Å². The van der Waals surface area contributed by atoms with Crippen molar-refractivity contribution in [2.45, 2.75) is 6.54 Å². The summed E-state index contributed by atoms with van der Waals surface area (Å²) in [5.41, 5.74) is 0.858. The van der Waals surface area contributed by atoms with Crippen LogP contribution in [0.3, 0.4) is 0 Å². The maximum Gasteiger partial charge on any atom is 0.490 e. The van der Waals surface area contributed by atoms with E-state index < -0.39 is 15.8 Å². The summed E-state index contributed by atoms with van der Waals surface area (Å²) >= 11 is 0. The third-order valence-electron chi connectivity index (χ3n) is 2.60. The average Bonchev–Trinajstić information content (AvgIpc) is 2.87. The second kappa shape index (κ2) is 5.30. The highest BCUT2D eigenvalue weighted by molar-refractivity contribution is 5.66. The zero-order valence-electron chi connectivity index (χ0n) is 10.4. The average molecular weight is 278 g/mol. The summed E-state index contributed by atoms with van der Waals surface area (Å²) in [7, 11) is 1.57. The number of hydrogen-bond acceptors (Lipinski definition) is 7. The fraction of sp³-hybridized carbons (Fsp3) is 0.200. The van der Waals surface area contributed by atoms with Gasteiger partial charge in [0.1, 0.15) is 5.69 Å². The number of anilines is 1. The molecule has 1 N–H and O–H groups in total. The molecule has 0 fully saturated rings. The van der Waals surface area contributed by atoms with Gasteiger partial charge in [-0.05, 0) is 4.92 Å². The predicted molar refractivity (Wildman–Crippen MR) is 68.4 cm³/mol. The Labute approximate surface area is 112 Å². The lowest BCUT2D eigenvalue weighted by molar-refractivity contribution is -0.394. The van der Waals surface area contributed by atoms with E-state index in [1.807, 2.05) is 0 Å². The molecule has 0 atom stereocenters. The number of nitrogens with one attached hydrogen (secondary N) is 1. The van der Waals surface area contributed by atoms with Crippen LogP contribution in [0.25, 0.3) is 0 Å². The topological polar surface area (TPSA) is 129 Å². The van der Waals surface area contributed by atoms with Crippen LogP contribution in [0, 0.1) is 20.2 Å². The van der Waals surface area contributed by atoms with Crippen molar-refractivity contribution in [3.63, 3.8) is 0 Å². The summed E-state index contributed by atoms with van der Waals surface area (Å²) < 4.78 is 1.25. The van der Waals surface area contributed by atoms with Gasteiger partial charge in [-0.1, -0.05) is 17.1 Å². The molecule has 0 aliphatic heterocycles. The van der Waals surface area contributed by atoms with Gasteiger partial charge in [-0.25, -0.2) is 0 Å². The van der Waals surface area contributed by atoms with E-state index in [0.717, 1.165) is 0 Å². The summed E-state index contributed by atoms with van der Waals surface area (Å²) in [6.45, 7) is 0.138. The van der Waals surface area contributed by atoms with Gasteiger partial charge in [0.05, 0.1) is 11.5 Å². The van der Waals surface area contributed by atoms with Gasteiger partial charge in [-0.3, -0.25) is 10.1 Å². The number of nitrogens with zero attached hydrogens (tertiary/aromatic N) is 5. The summed E-state index contributed by atoms with van der Waals surface area (Å²) in [6, 6.07) is 4.59. The molecule has 20 heavy (non-hydrogen) atoms. The Bertz CT molecular complexity index is 668. The van der Waals surface area contributed by atoms with E-state index in [9.17, 15) is 20.2 Å². The first-order chi connectivity index (χ1) is 9.52. The van der Waals surface area contributed by atoms with Crippen LogP contribution in [0.5, 0.6) is 0 Å². The molecule has 2 aromatic rings. The molecule has 0 saturated heterocycles. The van der Waals surface area contributed by atoms with E-state index in [1.165, 1.54) is 17.1 Å². The molecule has 0 aliphatic rings. The first kappa shape index (κ1) is 13.4. The normalized spacial score (nSPS) is 10.2. The van der Waals surface area contributed by atoms with E-state index >= 15 is 0 Å². The summed E-state index contributed by atoms with van der Waals surface area (Å²) in [5.74, 6) is -0.513. The zero-order valence-corrected chi connectivity index (χ0v) is 10.4. The Kier molecular flexibility index (Phi) is 3.55. The minimum absolute atomic E-state index is 0.0698. The molecule has 10 heteroatoms. The zero-order chi connectivity index (χ0) is 14.7. The standard InChI is InChI=1S/C10H10N6O4/c1-11-9-7(3-2-4-8(9)15(17)18)5-14-6-12-10(13-14)16(19)20/h2-4,6,11H,5H2,1H3. The van der Waals surface area contributed by atoms with E-state index in [-0.39, 0.29) is 12.2 Å². The van der Waals surface area contributed by atoms with Crippen LogP contribution >= 0.6 is 0 Å². The molecule has 0 bridgehead atoms. The van der Waals surface area contributed by atoms with E-state index in [2.05, 4.69) is 15.4 Å². The van der Waals surface area contributed by atoms with Crippen LogP contribution in [-0.2, 0) is 6.54 Å². The highest BCUT2D eigenvalue weighted by Gasteiger charge is 2.19. The molecule has 0 spiro atoms. The molecule has 1 aromatic carbocycles. The predicted octanol–water partition coefficient (Wildman–Crippen LogP) is 1.18. The van der Waals surface area contributed by atoms with Crippen LogP contribution in [-0.4, -0.2) is 31.7 Å². The molecule has 0 unspecified atom stereocenters. The number of nitro benzene ring substituents is 1. The lowest BCUT2D eigenvalue weighted by atomic mass is 10.1. The van der Waals surface area contributed by atoms with Crippen molar-refractivity contribution in [3.05, 3.63) is 50.3 Å². The second-order valence-electron chi connectivity index (χ2n) is 3.82. The first-order valence-corrected chi connectivity index (χ1v) is 5.50. The quantitative estimate of drug-likeness (QED) is 0.642. The van der Waals surface area contributed by atoms with Gasteiger partial charge in [-0.2, -0.15) is 4.68 Å². The van der Waals surface area contributed by atoms with Gasteiger partial charge >= 0.3 is 5.95 Å². The van der Waals surface area contributed by atoms with Gasteiger partial charge in [0.15, 0.2) is 0 Å². The molecule has 1 aromatic heterocycles. The van der Waals surface area contributed by atoms with E-state index in [1.54, 1.807) is 19.2 Å². The Balaban J connectivity index is 2.35. The van der Waals surface area contributed by atoms with Gasteiger partial charge in [-0.15, -0.1) is 0 Å². The van der Waals surface area contributed by atoms with Gasteiger partial charge < -0.3 is 15.4 Å². The number of rotatable bonds is 5. The van der Waals surface area contributed by atoms with Crippen LogP contribution in [0.4, 0.5) is 17.3 Å². The Hall–Kier alpha value is -3.04. The Morgan fingerprint density at radius 1 is 1.30 bits per heavy atom. The maximum absolute atomic E-state index is 10.9. The molecule has 1 heterocycles.